The maximum absolute atomic E-state index is 2.46. The van der Waals surface area contributed by atoms with E-state index < -0.39 is 8.80 Å². The molecule has 0 saturated heterocycles. The van der Waals surface area contributed by atoms with Gasteiger partial charge in [-0.05, 0) is 57.6 Å². The quantitative estimate of drug-likeness (QED) is 0.632. The molecule has 0 fully saturated rings. The number of hydrogen-bond donors (Lipinski definition) is 0. The van der Waals surface area contributed by atoms with Gasteiger partial charge in [0.2, 0.25) is 0 Å². The van der Waals surface area contributed by atoms with Crippen molar-refractivity contribution >= 4 is 14.0 Å². The zero-order valence-corrected chi connectivity index (χ0v) is 17.7. The first-order valence-corrected chi connectivity index (χ1v) is 10.9. The van der Waals surface area contributed by atoms with E-state index in [0.29, 0.717) is 11.3 Å². The van der Waals surface area contributed by atoms with Crippen LogP contribution < -0.4 is 5.19 Å². The third-order valence-corrected chi connectivity index (χ3v) is 10.00. The van der Waals surface area contributed by atoms with Crippen molar-refractivity contribution in [2.75, 3.05) is 0 Å². The van der Waals surface area contributed by atoms with Gasteiger partial charge >= 0.3 is 0 Å². The van der Waals surface area contributed by atoms with E-state index in [1.54, 1.807) is 27.1 Å². The Kier molecular flexibility index (Phi) is 5.11. The van der Waals surface area contributed by atoms with Gasteiger partial charge in [0.15, 0.2) is 0 Å². The summed E-state index contributed by atoms with van der Waals surface area (Å²) in [6, 6.07) is 8.57. The minimum atomic E-state index is -1.18. The number of aryl methyl sites for hydroxylation is 2. The van der Waals surface area contributed by atoms with Gasteiger partial charge < -0.3 is 0 Å². The molecule has 0 radical (unpaired) electrons. The zero-order chi connectivity index (χ0) is 17.5. The van der Waals surface area contributed by atoms with E-state index in [2.05, 4.69) is 80.5 Å². The SMILES string of the molecule is CC1=C(C)C(C)C([SiH](CC(C)(C)C)c2cc(C)cc(C)c2)=C1C. The minimum absolute atomic E-state index is 0.381. The van der Waals surface area contributed by atoms with Gasteiger partial charge in [0, 0.05) is 0 Å². The van der Waals surface area contributed by atoms with Gasteiger partial charge in [0.05, 0.1) is 8.80 Å². The Morgan fingerprint density at radius 3 is 1.78 bits per heavy atom. The molecule has 1 aromatic rings. The van der Waals surface area contributed by atoms with Crippen LogP contribution in [0.1, 0.15) is 59.6 Å². The van der Waals surface area contributed by atoms with Crippen molar-refractivity contribution in [3.05, 3.63) is 51.2 Å². The highest BCUT2D eigenvalue weighted by Crippen LogP contribution is 2.40. The van der Waals surface area contributed by atoms with Crippen molar-refractivity contribution in [3.8, 4) is 0 Å². The van der Waals surface area contributed by atoms with Crippen LogP contribution in [0.25, 0.3) is 0 Å². The first kappa shape index (κ1) is 18.3. The molecule has 0 N–H and O–H groups in total. The van der Waals surface area contributed by atoms with E-state index in [9.17, 15) is 0 Å². The van der Waals surface area contributed by atoms with Crippen LogP contribution >= 0.6 is 0 Å². The van der Waals surface area contributed by atoms with E-state index in [4.69, 9.17) is 0 Å². The minimum Gasteiger partial charge on any atom is -0.0690 e. The summed E-state index contributed by atoms with van der Waals surface area (Å²) >= 11 is 0. The number of allylic oxidation sites excluding steroid dienone is 4. The lowest BCUT2D eigenvalue weighted by Gasteiger charge is -2.30. The van der Waals surface area contributed by atoms with Crippen LogP contribution in [0.3, 0.4) is 0 Å². The zero-order valence-electron chi connectivity index (χ0n) is 16.6. The molecule has 23 heavy (non-hydrogen) atoms. The standard InChI is InChI=1S/C22H34Si/c1-14-10-15(2)12-20(11-14)23(13-22(7,8)9)21-18(5)16(3)17(4)19(21)6/h10-12,18,23H,13H2,1-9H3. The highest BCUT2D eigenvalue weighted by Gasteiger charge is 2.33. The van der Waals surface area contributed by atoms with Crippen molar-refractivity contribution in [1.82, 2.24) is 0 Å². The first-order chi connectivity index (χ1) is 10.5. The van der Waals surface area contributed by atoms with E-state index >= 15 is 0 Å². The molecular formula is C22H34Si. The van der Waals surface area contributed by atoms with Gasteiger partial charge in [-0.25, -0.2) is 0 Å². The Labute approximate surface area is 145 Å². The molecule has 0 amide bonds. The molecule has 1 aromatic carbocycles. The fourth-order valence-corrected chi connectivity index (χ4v) is 8.75. The molecular weight excluding hydrogens is 292 g/mol. The van der Waals surface area contributed by atoms with Gasteiger partial charge in [0.25, 0.3) is 0 Å². The van der Waals surface area contributed by atoms with Gasteiger partial charge in [-0.2, -0.15) is 0 Å². The average Bonchev–Trinajstić information content (AvgIpc) is 2.59. The number of hydrogen-bond acceptors (Lipinski definition) is 0. The Bertz CT molecular complexity index is 647. The third kappa shape index (κ3) is 3.88. The molecule has 1 heteroatoms. The van der Waals surface area contributed by atoms with E-state index in [0.717, 1.165) is 0 Å². The number of benzene rings is 1. The molecule has 2 unspecified atom stereocenters. The topological polar surface area (TPSA) is 0 Å². The maximum Gasteiger partial charge on any atom is 0.0992 e. The molecule has 0 saturated carbocycles. The molecule has 1 aliphatic rings. The Hall–Kier alpha value is -1.08. The Morgan fingerprint density at radius 1 is 0.870 bits per heavy atom. The van der Waals surface area contributed by atoms with Crippen molar-refractivity contribution in [2.24, 2.45) is 11.3 Å². The largest absolute Gasteiger partial charge is 0.0992 e. The van der Waals surface area contributed by atoms with Crippen molar-refractivity contribution in [1.29, 1.82) is 0 Å². The highest BCUT2D eigenvalue weighted by molar-refractivity contribution is 6.80. The summed E-state index contributed by atoms with van der Waals surface area (Å²) in [4.78, 5) is 0. The summed E-state index contributed by atoms with van der Waals surface area (Å²) in [7, 11) is -1.18. The van der Waals surface area contributed by atoms with E-state index in [1.165, 1.54) is 17.2 Å². The lowest BCUT2D eigenvalue weighted by atomic mass is 10.0. The molecule has 0 nitrogen and oxygen atoms in total. The molecule has 1 aliphatic carbocycles. The van der Waals surface area contributed by atoms with Crippen molar-refractivity contribution in [2.45, 2.75) is 68.4 Å². The van der Waals surface area contributed by atoms with Crippen molar-refractivity contribution in [3.63, 3.8) is 0 Å². The molecule has 0 bridgehead atoms. The summed E-state index contributed by atoms with van der Waals surface area (Å²) in [6.45, 7) is 21.1. The fraction of sp³-hybridized carbons (Fsp3) is 0.545. The normalized spacial score (nSPS) is 20.5. The van der Waals surface area contributed by atoms with Crippen LogP contribution in [0.2, 0.25) is 6.04 Å². The van der Waals surface area contributed by atoms with Crippen LogP contribution in [0.15, 0.2) is 40.1 Å². The molecule has 0 aromatic heterocycles. The van der Waals surface area contributed by atoms with E-state index in [1.807, 2.05) is 0 Å². The summed E-state index contributed by atoms with van der Waals surface area (Å²) in [6.07, 6.45) is 0. The molecule has 0 spiro atoms. The van der Waals surface area contributed by atoms with Gasteiger partial charge in [-0.3, -0.25) is 0 Å². The molecule has 2 atom stereocenters. The average molecular weight is 327 g/mol. The fourth-order valence-electron chi connectivity index (χ4n) is 4.19. The van der Waals surface area contributed by atoms with Crippen LogP contribution in [-0.4, -0.2) is 8.80 Å². The van der Waals surface area contributed by atoms with Crippen LogP contribution in [0.4, 0.5) is 0 Å². The van der Waals surface area contributed by atoms with Crippen LogP contribution in [0, 0.1) is 25.2 Å². The van der Waals surface area contributed by atoms with Crippen LogP contribution in [-0.2, 0) is 0 Å². The van der Waals surface area contributed by atoms with Crippen LogP contribution in [0.5, 0.6) is 0 Å². The predicted octanol–water partition coefficient (Wildman–Crippen LogP) is 5.63. The third-order valence-electron chi connectivity index (χ3n) is 5.54. The molecule has 2 rings (SSSR count). The summed E-state index contributed by atoms with van der Waals surface area (Å²) < 4.78 is 0. The number of rotatable bonds is 3. The molecule has 0 heterocycles. The highest BCUT2D eigenvalue weighted by atomic mass is 28.3. The monoisotopic (exact) mass is 326 g/mol. The first-order valence-electron chi connectivity index (χ1n) is 8.98. The lowest BCUT2D eigenvalue weighted by molar-refractivity contribution is 0.465. The molecule has 126 valence electrons. The molecule has 0 aliphatic heterocycles. The smallest absolute Gasteiger partial charge is 0.0690 e. The predicted molar refractivity (Wildman–Crippen MR) is 107 cm³/mol. The second kappa shape index (κ2) is 6.43. The Morgan fingerprint density at radius 2 is 1.39 bits per heavy atom. The lowest BCUT2D eigenvalue weighted by Crippen LogP contribution is -2.38. The van der Waals surface area contributed by atoms with Gasteiger partial charge in [0.1, 0.15) is 0 Å². The van der Waals surface area contributed by atoms with Gasteiger partial charge in [-0.15, -0.1) is 0 Å². The van der Waals surface area contributed by atoms with Gasteiger partial charge in [-0.1, -0.05) is 78.6 Å². The maximum atomic E-state index is 2.46. The second-order valence-electron chi connectivity index (χ2n) is 8.85. The van der Waals surface area contributed by atoms with E-state index in [-0.39, 0.29) is 0 Å². The van der Waals surface area contributed by atoms with Crippen molar-refractivity contribution < 1.29 is 0 Å². The second-order valence-corrected chi connectivity index (χ2v) is 11.7. The summed E-state index contributed by atoms with van der Waals surface area (Å²) in [5, 5.41) is 3.43. The summed E-state index contributed by atoms with van der Waals surface area (Å²) in [5.41, 5.74) is 7.94. The summed E-state index contributed by atoms with van der Waals surface area (Å²) in [5.74, 6) is 0.634. The Balaban J connectivity index is 2.57.